The Kier molecular flexibility index (Phi) is 40.8. The molecule has 170 valence electrons. The van der Waals surface area contributed by atoms with Crippen molar-refractivity contribution in [2.24, 2.45) is 11.7 Å². The number of allylic oxidation sites excluding steroid dienone is 10. The van der Waals surface area contributed by atoms with E-state index in [-0.39, 0.29) is 0 Å². The molecule has 0 amide bonds. The van der Waals surface area contributed by atoms with E-state index in [2.05, 4.69) is 46.1 Å². The van der Waals surface area contributed by atoms with Gasteiger partial charge in [0.05, 0.1) is 0 Å². The van der Waals surface area contributed by atoms with Gasteiger partial charge in [0.15, 0.2) is 0 Å². The molecular formula is C28H53N. The molecule has 0 radical (unpaired) electrons. The quantitative estimate of drug-likeness (QED) is 0.255. The molecule has 1 nitrogen and oxygen atoms in total. The van der Waals surface area contributed by atoms with Crippen LogP contribution in [0.25, 0.3) is 0 Å². The van der Waals surface area contributed by atoms with Gasteiger partial charge in [-0.15, -0.1) is 0 Å². The predicted octanol–water partition coefficient (Wildman–Crippen LogP) is 9.36. The van der Waals surface area contributed by atoms with Crippen LogP contribution in [0.15, 0.2) is 72.9 Å². The number of nitrogens with two attached hydrogens (primary N) is 1. The van der Waals surface area contributed by atoms with Crippen LogP contribution in [0.2, 0.25) is 0 Å². The number of rotatable bonds is 12. The molecule has 0 saturated carbocycles. The molecule has 0 aromatic heterocycles. The molecule has 0 bridgehead atoms. The van der Waals surface area contributed by atoms with Crippen LogP contribution in [0.3, 0.4) is 0 Å². The molecule has 0 rings (SSSR count). The van der Waals surface area contributed by atoms with Crippen LogP contribution in [0.1, 0.15) is 93.9 Å². The Hall–Kier alpha value is -1.60. The third-order valence-corrected chi connectivity index (χ3v) is 4.06. The summed E-state index contributed by atoms with van der Waals surface area (Å²) >= 11 is 0. The molecule has 0 aliphatic carbocycles. The summed E-state index contributed by atoms with van der Waals surface area (Å²) in [5.41, 5.74) is 7.90. The van der Waals surface area contributed by atoms with Crippen LogP contribution in [-0.2, 0) is 0 Å². The molecule has 0 aliphatic heterocycles. The summed E-state index contributed by atoms with van der Waals surface area (Å²) in [4.78, 5) is 0. The molecule has 0 spiro atoms. The van der Waals surface area contributed by atoms with Gasteiger partial charge in [0.1, 0.15) is 0 Å². The molecule has 0 heterocycles. The predicted molar refractivity (Wildman–Crippen MR) is 140 cm³/mol. The number of unbranched alkanes of at least 4 members (excludes halogenated alkanes) is 2. The largest absolute Gasteiger partial charge is 0.330 e. The van der Waals surface area contributed by atoms with Gasteiger partial charge >= 0.3 is 0 Å². The first-order valence-corrected chi connectivity index (χ1v) is 11.7. The van der Waals surface area contributed by atoms with E-state index in [1.165, 1.54) is 49.7 Å². The second-order valence-corrected chi connectivity index (χ2v) is 6.18. The van der Waals surface area contributed by atoms with Crippen LogP contribution in [0.4, 0.5) is 0 Å². The van der Waals surface area contributed by atoms with Gasteiger partial charge in [-0.25, -0.2) is 0 Å². The summed E-state index contributed by atoms with van der Waals surface area (Å²) in [5, 5.41) is 0. The maximum absolute atomic E-state index is 5.51. The molecule has 1 unspecified atom stereocenters. The van der Waals surface area contributed by atoms with Gasteiger partial charge < -0.3 is 5.73 Å². The average molecular weight is 404 g/mol. The molecule has 0 fully saturated rings. The van der Waals surface area contributed by atoms with Crippen molar-refractivity contribution >= 4 is 0 Å². The van der Waals surface area contributed by atoms with Gasteiger partial charge in [0.25, 0.3) is 0 Å². The zero-order valence-corrected chi connectivity index (χ0v) is 21.1. The van der Waals surface area contributed by atoms with Gasteiger partial charge in [-0.1, -0.05) is 135 Å². The Labute approximate surface area is 185 Å². The second-order valence-electron chi connectivity index (χ2n) is 6.18. The number of hydrogen-bond acceptors (Lipinski definition) is 1. The van der Waals surface area contributed by atoms with E-state index in [1.54, 1.807) is 12.2 Å². The zero-order valence-electron chi connectivity index (χ0n) is 21.1. The van der Waals surface area contributed by atoms with Crippen molar-refractivity contribution < 1.29 is 0 Å². The fourth-order valence-electron chi connectivity index (χ4n) is 2.47. The lowest BCUT2D eigenvalue weighted by atomic mass is 9.95. The highest BCUT2D eigenvalue weighted by molar-refractivity contribution is 5.42. The smallest absolute Gasteiger partial charge is 0.00746 e. The fraction of sp³-hybridized carbons (Fsp3) is 0.571. The molecule has 0 aliphatic rings. The van der Waals surface area contributed by atoms with E-state index in [0.29, 0.717) is 0 Å². The SMILES string of the molecule is C=C\C=C/C=C(C)/C(/C=C\C)=C/C=C.CC.CC.CCCCCC(CC)CCN. The highest BCUT2D eigenvalue weighted by atomic mass is 14.5. The van der Waals surface area contributed by atoms with Gasteiger partial charge in [-0.2, -0.15) is 0 Å². The van der Waals surface area contributed by atoms with E-state index in [9.17, 15) is 0 Å². The first-order chi connectivity index (χ1) is 14.1. The average Bonchev–Trinajstić information content (AvgIpc) is 2.76. The van der Waals surface area contributed by atoms with Gasteiger partial charge in [0, 0.05) is 0 Å². The zero-order chi connectivity index (χ0) is 23.3. The summed E-state index contributed by atoms with van der Waals surface area (Å²) in [6.07, 6.45) is 23.6. The normalized spacial score (nSPS) is 12.2. The molecule has 2 N–H and O–H groups in total. The van der Waals surface area contributed by atoms with Gasteiger partial charge in [-0.05, 0) is 43.9 Å². The molecule has 29 heavy (non-hydrogen) atoms. The van der Waals surface area contributed by atoms with E-state index in [1.807, 2.05) is 58.9 Å². The van der Waals surface area contributed by atoms with E-state index < -0.39 is 0 Å². The Balaban J connectivity index is -0.000000187. The summed E-state index contributed by atoms with van der Waals surface area (Å²) in [6.45, 7) is 24.8. The lowest BCUT2D eigenvalue weighted by Crippen LogP contribution is -2.07. The molecule has 1 atom stereocenters. The molecule has 0 saturated heterocycles. The van der Waals surface area contributed by atoms with Gasteiger partial charge in [-0.3, -0.25) is 0 Å². The lowest BCUT2D eigenvalue weighted by molar-refractivity contribution is 0.422. The minimum atomic E-state index is 0.866. The maximum Gasteiger partial charge on any atom is -0.00746 e. The summed E-state index contributed by atoms with van der Waals surface area (Å²) in [6, 6.07) is 0. The Bertz CT molecular complexity index is 435. The monoisotopic (exact) mass is 403 g/mol. The molecular weight excluding hydrogens is 350 g/mol. The maximum atomic E-state index is 5.51. The van der Waals surface area contributed by atoms with Crippen LogP contribution < -0.4 is 5.73 Å². The summed E-state index contributed by atoms with van der Waals surface area (Å²) in [5.74, 6) is 0.895. The molecule has 0 aromatic carbocycles. The highest BCUT2D eigenvalue weighted by Gasteiger charge is 2.03. The third kappa shape index (κ3) is 28.7. The summed E-state index contributed by atoms with van der Waals surface area (Å²) in [7, 11) is 0. The second kappa shape index (κ2) is 33.9. The van der Waals surface area contributed by atoms with Crippen LogP contribution >= 0.6 is 0 Å². The Morgan fingerprint density at radius 1 is 0.897 bits per heavy atom. The van der Waals surface area contributed by atoms with Crippen molar-refractivity contribution in [3.8, 4) is 0 Å². The van der Waals surface area contributed by atoms with Crippen molar-refractivity contribution in [2.75, 3.05) is 6.54 Å². The fourth-order valence-corrected chi connectivity index (χ4v) is 2.47. The van der Waals surface area contributed by atoms with Crippen LogP contribution in [-0.4, -0.2) is 6.54 Å². The van der Waals surface area contributed by atoms with E-state index >= 15 is 0 Å². The molecule has 1 heteroatoms. The summed E-state index contributed by atoms with van der Waals surface area (Å²) < 4.78 is 0. The minimum absolute atomic E-state index is 0.866. The Morgan fingerprint density at radius 3 is 1.93 bits per heavy atom. The van der Waals surface area contributed by atoms with Crippen molar-refractivity contribution in [3.05, 3.63) is 72.9 Å². The van der Waals surface area contributed by atoms with Crippen molar-refractivity contribution in [2.45, 2.75) is 93.9 Å². The van der Waals surface area contributed by atoms with Crippen molar-refractivity contribution in [1.29, 1.82) is 0 Å². The van der Waals surface area contributed by atoms with Crippen LogP contribution in [0.5, 0.6) is 0 Å². The highest BCUT2D eigenvalue weighted by Crippen LogP contribution is 2.16. The van der Waals surface area contributed by atoms with Crippen molar-refractivity contribution in [1.82, 2.24) is 0 Å². The molecule has 0 aromatic rings. The third-order valence-electron chi connectivity index (χ3n) is 4.06. The van der Waals surface area contributed by atoms with Crippen molar-refractivity contribution in [3.63, 3.8) is 0 Å². The standard InChI is InChI=1S/C14H18.C10H23N.2C2H6/c1-5-8-9-12-13(4)14(10-6-2)11-7-3;1-3-5-6-7-10(4-2)8-9-11;2*1-2/h5-12H,1-2H2,3-4H3;10H,3-9,11H2,1-2H3;2*1-2H3/b9-8-,11-7-,13-12+,14-10+;;;. The minimum Gasteiger partial charge on any atom is -0.330 e. The Morgan fingerprint density at radius 2 is 1.52 bits per heavy atom. The number of hydrogen-bond donors (Lipinski definition) is 1. The van der Waals surface area contributed by atoms with Gasteiger partial charge in [0.2, 0.25) is 0 Å². The van der Waals surface area contributed by atoms with E-state index in [0.717, 1.165) is 12.5 Å². The first kappa shape index (κ1) is 34.9. The topological polar surface area (TPSA) is 26.0 Å². The lowest BCUT2D eigenvalue weighted by Gasteiger charge is -2.12. The van der Waals surface area contributed by atoms with Crippen LogP contribution in [0, 0.1) is 5.92 Å². The first-order valence-electron chi connectivity index (χ1n) is 11.7. The van der Waals surface area contributed by atoms with E-state index in [4.69, 9.17) is 5.73 Å².